The summed E-state index contributed by atoms with van der Waals surface area (Å²) in [4.78, 5) is 14.8. The molecule has 0 bridgehead atoms. The number of aromatic nitrogens is 3. The van der Waals surface area contributed by atoms with E-state index in [9.17, 15) is 4.39 Å². The van der Waals surface area contributed by atoms with Crippen molar-refractivity contribution in [2.75, 3.05) is 26.3 Å². The number of rotatable bonds is 3. The minimum Gasteiger partial charge on any atom is -0.380 e. The van der Waals surface area contributed by atoms with Crippen molar-refractivity contribution in [3.05, 3.63) is 41.3 Å². The van der Waals surface area contributed by atoms with E-state index in [-0.39, 0.29) is 5.15 Å². The lowest BCUT2D eigenvalue weighted by atomic mass is 9.78. The standard InChI is InChI=1S/C15H14ClFN4O/c16-14-1-12(17)11(3-20-14)13-4-18-10(2-19-13)5-21-6-15(7-21)8-22-9-15/h1-4H,5-9H2. The van der Waals surface area contributed by atoms with E-state index in [1.165, 1.54) is 12.3 Å². The highest BCUT2D eigenvalue weighted by Crippen LogP contribution is 2.38. The van der Waals surface area contributed by atoms with Crippen LogP contribution in [-0.4, -0.2) is 46.2 Å². The zero-order valence-corrected chi connectivity index (χ0v) is 12.6. The van der Waals surface area contributed by atoms with Gasteiger partial charge in [-0.1, -0.05) is 11.6 Å². The first-order chi connectivity index (χ1) is 10.6. The highest BCUT2D eigenvalue weighted by Gasteiger charge is 2.48. The molecule has 0 unspecified atom stereocenters. The average molecular weight is 321 g/mol. The number of hydrogen-bond acceptors (Lipinski definition) is 5. The van der Waals surface area contributed by atoms with Gasteiger partial charge in [-0.3, -0.25) is 14.9 Å². The van der Waals surface area contributed by atoms with Crippen LogP contribution in [0.15, 0.2) is 24.7 Å². The van der Waals surface area contributed by atoms with Crippen LogP contribution in [0.1, 0.15) is 5.69 Å². The first-order valence-corrected chi connectivity index (χ1v) is 7.44. The molecule has 114 valence electrons. The first kappa shape index (κ1) is 14.0. The Labute approximate surface area is 132 Å². The van der Waals surface area contributed by atoms with E-state index in [0.717, 1.165) is 38.5 Å². The van der Waals surface area contributed by atoms with E-state index in [4.69, 9.17) is 16.3 Å². The predicted octanol–water partition coefficient (Wildman–Crippen LogP) is 2.16. The van der Waals surface area contributed by atoms with Gasteiger partial charge in [0.15, 0.2) is 0 Å². The quantitative estimate of drug-likeness (QED) is 0.811. The Morgan fingerprint density at radius 1 is 1.18 bits per heavy atom. The van der Waals surface area contributed by atoms with E-state index in [0.29, 0.717) is 16.7 Å². The Bertz CT molecular complexity index is 697. The van der Waals surface area contributed by atoms with Crippen molar-refractivity contribution in [3.8, 4) is 11.3 Å². The van der Waals surface area contributed by atoms with Crippen molar-refractivity contribution in [1.82, 2.24) is 19.9 Å². The van der Waals surface area contributed by atoms with Gasteiger partial charge in [0.05, 0.1) is 42.6 Å². The van der Waals surface area contributed by atoms with E-state index in [1.807, 2.05) is 0 Å². The highest BCUT2D eigenvalue weighted by molar-refractivity contribution is 6.29. The summed E-state index contributed by atoms with van der Waals surface area (Å²) in [5, 5.41) is 0.123. The molecule has 2 aliphatic heterocycles. The molecule has 2 saturated heterocycles. The second kappa shape index (κ2) is 5.22. The third-order valence-electron chi connectivity index (χ3n) is 4.12. The van der Waals surface area contributed by atoms with Gasteiger partial charge in [-0.05, 0) is 0 Å². The molecular formula is C15H14ClFN4O. The van der Waals surface area contributed by atoms with Crippen LogP contribution in [0.5, 0.6) is 0 Å². The Balaban J connectivity index is 1.44. The number of halogens is 2. The average Bonchev–Trinajstić information content (AvgIpc) is 2.41. The third-order valence-corrected chi connectivity index (χ3v) is 4.33. The summed E-state index contributed by atoms with van der Waals surface area (Å²) >= 11 is 5.65. The van der Waals surface area contributed by atoms with Gasteiger partial charge < -0.3 is 4.74 Å². The molecule has 0 aromatic carbocycles. The minimum absolute atomic E-state index is 0.123. The molecule has 5 nitrogen and oxygen atoms in total. The van der Waals surface area contributed by atoms with Crippen molar-refractivity contribution >= 4 is 11.6 Å². The topological polar surface area (TPSA) is 51.1 Å². The smallest absolute Gasteiger partial charge is 0.137 e. The number of pyridine rings is 1. The number of ether oxygens (including phenoxy) is 1. The molecule has 0 atom stereocenters. The number of likely N-dealkylation sites (tertiary alicyclic amines) is 1. The SMILES string of the molecule is Fc1cc(Cl)ncc1-c1cnc(CN2CC3(COC3)C2)cn1. The van der Waals surface area contributed by atoms with Gasteiger partial charge in [-0.2, -0.15) is 0 Å². The van der Waals surface area contributed by atoms with E-state index < -0.39 is 5.82 Å². The molecule has 4 heterocycles. The summed E-state index contributed by atoms with van der Waals surface area (Å²) in [6.07, 6.45) is 4.63. The maximum Gasteiger partial charge on any atom is 0.137 e. The maximum atomic E-state index is 13.8. The zero-order valence-electron chi connectivity index (χ0n) is 11.8. The second-order valence-corrected chi connectivity index (χ2v) is 6.41. The molecule has 7 heteroatoms. The number of hydrogen-bond donors (Lipinski definition) is 0. The predicted molar refractivity (Wildman–Crippen MR) is 78.8 cm³/mol. The Morgan fingerprint density at radius 2 is 2.00 bits per heavy atom. The molecule has 4 rings (SSSR count). The molecule has 2 aliphatic rings. The van der Waals surface area contributed by atoms with Crippen molar-refractivity contribution < 1.29 is 9.13 Å². The summed E-state index contributed by atoms with van der Waals surface area (Å²) in [6.45, 7) is 4.60. The number of nitrogens with zero attached hydrogens (tertiary/aromatic N) is 4. The summed E-state index contributed by atoms with van der Waals surface area (Å²) in [5.74, 6) is -0.447. The van der Waals surface area contributed by atoms with Gasteiger partial charge >= 0.3 is 0 Å². The van der Waals surface area contributed by atoms with Crippen LogP contribution >= 0.6 is 11.6 Å². The summed E-state index contributed by atoms with van der Waals surface area (Å²) < 4.78 is 19.1. The van der Waals surface area contributed by atoms with E-state index >= 15 is 0 Å². The van der Waals surface area contributed by atoms with Crippen LogP contribution in [0, 0.1) is 11.2 Å². The van der Waals surface area contributed by atoms with Crippen LogP contribution in [0.4, 0.5) is 4.39 Å². The van der Waals surface area contributed by atoms with E-state index in [1.54, 1.807) is 12.4 Å². The molecule has 0 aliphatic carbocycles. The normalized spacial score (nSPS) is 19.7. The largest absolute Gasteiger partial charge is 0.380 e. The fourth-order valence-electron chi connectivity index (χ4n) is 2.99. The molecule has 2 fully saturated rings. The lowest BCUT2D eigenvalue weighted by Crippen LogP contribution is -2.65. The summed E-state index contributed by atoms with van der Waals surface area (Å²) in [6, 6.07) is 1.17. The molecule has 22 heavy (non-hydrogen) atoms. The lowest BCUT2D eigenvalue weighted by molar-refractivity contribution is -0.191. The molecule has 0 radical (unpaired) electrons. The Hall–Kier alpha value is -1.63. The van der Waals surface area contributed by atoms with Crippen LogP contribution in [0.2, 0.25) is 5.15 Å². The molecule has 0 amide bonds. The Morgan fingerprint density at radius 3 is 2.59 bits per heavy atom. The molecular weight excluding hydrogens is 307 g/mol. The van der Waals surface area contributed by atoms with Gasteiger partial charge in [0.2, 0.25) is 0 Å². The van der Waals surface area contributed by atoms with Crippen LogP contribution in [0.3, 0.4) is 0 Å². The van der Waals surface area contributed by atoms with Crippen LogP contribution in [0.25, 0.3) is 11.3 Å². The molecule has 1 spiro atoms. The maximum absolute atomic E-state index is 13.8. The highest BCUT2D eigenvalue weighted by atomic mass is 35.5. The van der Waals surface area contributed by atoms with Crippen molar-refractivity contribution in [2.24, 2.45) is 5.41 Å². The second-order valence-electron chi connectivity index (χ2n) is 6.02. The lowest BCUT2D eigenvalue weighted by Gasteiger charge is -2.55. The fourth-order valence-corrected chi connectivity index (χ4v) is 3.13. The van der Waals surface area contributed by atoms with E-state index in [2.05, 4.69) is 19.9 Å². The Kier molecular flexibility index (Phi) is 3.32. The van der Waals surface area contributed by atoms with Gasteiger partial charge in [0.1, 0.15) is 11.0 Å². The van der Waals surface area contributed by atoms with Crippen LogP contribution in [-0.2, 0) is 11.3 Å². The minimum atomic E-state index is -0.447. The summed E-state index contributed by atoms with van der Waals surface area (Å²) in [7, 11) is 0. The van der Waals surface area contributed by atoms with Gasteiger partial charge in [-0.25, -0.2) is 9.37 Å². The van der Waals surface area contributed by atoms with Crippen molar-refractivity contribution in [2.45, 2.75) is 6.54 Å². The van der Waals surface area contributed by atoms with Crippen molar-refractivity contribution in [3.63, 3.8) is 0 Å². The third kappa shape index (κ3) is 2.47. The molecule has 0 N–H and O–H groups in total. The molecule has 0 saturated carbocycles. The van der Waals surface area contributed by atoms with Gasteiger partial charge in [-0.15, -0.1) is 0 Å². The van der Waals surface area contributed by atoms with Crippen molar-refractivity contribution in [1.29, 1.82) is 0 Å². The monoisotopic (exact) mass is 320 g/mol. The molecule has 2 aromatic rings. The van der Waals surface area contributed by atoms with Gasteiger partial charge in [0, 0.05) is 37.3 Å². The zero-order chi connectivity index (χ0) is 15.2. The van der Waals surface area contributed by atoms with Crippen LogP contribution < -0.4 is 0 Å². The fraction of sp³-hybridized carbons (Fsp3) is 0.400. The summed E-state index contributed by atoms with van der Waals surface area (Å²) in [5.41, 5.74) is 2.03. The molecule has 2 aromatic heterocycles. The first-order valence-electron chi connectivity index (χ1n) is 7.06. The van der Waals surface area contributed by atoms with Gasteiger partial charge in [0.25, 0.3) is 0 Å².